The first-order chi connectivity index (χ1) is 14.1. The molecule has 148 valence electrons. The van der Waals surface area contributed by atoms with E-state index < -0.39 is 5.82 Å². The van der Waals surface area contributed by atoms with Gasteiger partial charge in [0.05, 0.1) is 5.56 Å². The molecule has 1 aliphatic rings. The van der Waals surface area contributed by atoms with Crippen LogP contribution in [-0.2, 0) is 13.1 Å². The zero-order valence-corrected chi connectivity index (χ0v) is 16.1. The maximum atomic E-state index is 14.0. The number of anilines is 1. The van der Waals surface area contributed by atoms with Gasteiger partial charge >= 0.3 is 0 Å². The molecule has 5 nitrogen and oxygen atoms in total. The van der Waals surface area contributed by atoms with Crippen molar-refractivity contribution in [2.45, 2.75) is 13.1 Å². The number of ether oxygens (including phenoxy) is 2. The van der Waals surface area contributed by atoms with Gasteiger partial charge in [0.2, 0.25) is 6.79 Å². The highest BCUT2D eigenvalue weighted by molar-refractivity contribution is 6.31. The minimum absolute atomic E-state index is 0.165. The Morgan fingerprint density at radius 1 is 1.00 bits per heavy atom. The van der Waals surface area contributed by atoms with E-state index >= 15 is 0 Å². The first kappa shape index (κ1) is 19.1. The Hall–Kier alpha value is -3.25. The van der Waals surface area contributed by atoms with Gasteiger partial charge in [0.25, 0.3) is 5.91 Å². The summed E-state index contributed by atoms with van der Waals surface area (Å²) >= 11 is 6.08. The maximum absolute atomic E-state index is 14.0. The van der Waals surface area contributed by atoms with Crippen LogP contribution in [0.3, 0.4) is 0 Å². The number of carbonyl (C=O) groups is 1. The van der Waals surface area contributed by atoms with Gasteiger partial charge in [0.1, 0.15) is 5.82 Å². The molecule has 0 saturated heterocycles. The van der Waals surface area contributed by atoms with Gasteiger partial charge in [-0.2, -0.15) is 0 Å². The van der Waals surface area contributed by atoms with Crippen LogP contribution in [0.15, 0.2) is 60.7 Å². The molecule has 0 saturated carbocycles. The third kappa shape index (κ3) is 4.27. The van der Waals surface area contributed by atoms with E-state index in [4.69, 9.17) is 21.1 Å². The number of para-hydroxylation sites is 1. The summed E-state index contributed by atoms with van der Waals surface area (Å²) in [7, 11) is 0. The zero-order valence-electron chi connectivity index (χ0n) is 15.4. The van der Waals surface area contributed by atoms with E-state index in [2.05, 4.69) is 10.6 Å². The number of nitrogens with one attached hydrogen (secondary N) is 2. The standard InChI is InChI=1S/C22H18ClFN2O3/c23-17-5-3-6-18(24)16(17)12-25-19-7-2-1-4-15(19)22(27)26-11-14-8-9-20-21(10-14)29-13-28-20/h1-10,25H,11-13H2,(H,26,27). The van der Waals surface area contributed by atoms with Crippen molar-refractivity contribution in [1.82, 2.24) is 5.32 Å². The van der Waals surface area contributed by atoms with Crippen molar-refractivity contribution >= 4 is 23.2 Å². The van der Waals surface area contributed by atoms with Crippen molar-refractivity contribution in [2.75, 3.05) is 12.1 Å². The fourth-order valence-electron chi connectivity index (χ4n) is 3.05. The van der Waals surface area contributed by atoms with Crippen LogP contribution in [0, 0.1) is 5.82 Å². The van der Waals surface area contributed by atoms with Crippen LogP contribution in [0.4, 0.5) is 10.1 Å². The van der Waals surface area contributed by atoms with Gasteiger partial charge in [-0.25, -0.2) is 4.39 Å². The summed E-state index contributed by atoms with van der Waals surface area (Å²) in [5.74, 6) is 0.724. The minimum atomic E-state index is -0.394. The Bertz CT molecular complexity index is 1040. The van der Waals surface area contributed by atoms with Gasteiger partial charge in [-0.05, 0) is 42.0 Å². The molecular formula is C22H18ClFN2O3. The number of fused-ring (bicyclic) bond motifs is 1. The van der Waals surface area contributed by atoms with Crippen molar-refractivity contribution in [3.8, 4) is 11.5 Å². The number of amides is 1. The molecule has 0 radical (unpaired) electrons. The summed E-state index contributed by atoms with van der Waals surface area (Å²) in [5.41, 5.74) is 2.30. The van der Waals surface area contributed by atoms with Crippen molar-refractivity contribution in [2.24, 2.45) is 0 Å². The van der Waals surface area contributed by atoms with E-state index in [1.165, 1.54) is 6.07 Å². The minimum Gasteiger partial charge on any atom is -0.454 e. The predicted octanol–water partition coefficient (Wildman–Crippen LogP) is 4.75. The normalized spacial score (nSPS) is 11.9. The van der Waals surface area contributed by atoms with Crippen LogP contribution < -0.4 is 20.1 Å². The molecule has 0 atom stereocenters. The monoisotopic (exact) mass is 412 g/mol. The summed E-state index contributed by atoms with van der Waals surface area (Å²) in [6.45, 7) is 0.705. The van der Waals surface area contributed by atoms with E-state index in [-0.39, 0.29) is 19.2 Å². The average Bonchev–Trinajstić information content (AvgIpc) is 3.20. The zero-order chi connectivity index (χ0) is 20.2. The molecule has 4 rings (SSSR count). The third-order valence-electron chi connectivity index (χ3n) is 4.58. The van der Waals surface area contributed by atoms with Gasteiger partial charge in [-0.3, -0.25) is 4.79 Å². The molecule has 0 aliphatic carbocycles. The number of carbonyl (C=O) groups excluding carboxylic acids is 1. The maximum Gasteiger partial charge on any atom is 0.253 e. The molecular weight excluding hydrogens is 395 g/mol. The van der Waals surface area contributed by atoms with Crippen molar-refractivity contribution < 1.29 is 18.7 Å². The summed E-state index contributed by atoms with van der Waals surface area (Å²) in [6.07, 6.45) is 0. The highest BCUT2D eigenvalue weighted by Gasteiger charge is 2.15. The molecule has 0 fully saturated rings. The first-order valence-corrected chi connectivity index (χ1v) is 9.42. The smallest absolute Gasteiger partial charge is 0.253 e. The number of rotatable bonds is 6. The summed E-state index contributed by atoms with van der Waals surface area (Å²) < 4.78 is 24.6. The van der Waals surface area contributed by atoms with Crippen LogP contribution >= 0.6 is 11.6 Å². The second kappa shape index (κ2) is 8.41. The molecule has 2 N–H and O–H groups in total. The molecule has 0 spiro atoms. The van der Waals surface area contributed by atoms with E-state index in [1.807, 2.05) is 18.2 Å². The lowest BCUT2D eigenvalue weighted by Gasteiger charge is -2.13. The lowest BCUT2D eigenvalue weighted by Crippen LogP contribution is -2.24. The number of hydrogen-bond donors (Lipinski definition) is 2. The van der Waals surface area contributed by atoms with Gasteiger partial charge in [-0.1, -0.05) is 35.9 Å². The Balaban J connectivity index is 1.44. The predicted molar refractivity (Wildman–Crippen MR) is 109 cm³/mol. The Kier molecular flexibility index (Phi) is 5.53. The quantitative estimate of drug-likeness (QED) is 0.613. The molecule has 3 aromatic carbocycles. The van der Waals surface area contributed by atoms with Gasteiger partial charge in [-0.15, -0.1) is 0 Å². The fraction of sp³-hybridized carbons (Fsp3) is 0.136. The Morgan fingerprint density at radius 3 is 2.69 bits per heavy atom. The number of hydrogen-bond acceptors (Lipinski definition) is 4. The molecule has 0 unspecified atom stereocenters. The van der Waals surface area contributed by atoms with Crippen molar-refractivity contribution in [3.63, 3.8) is 0 Å². The topological polar surface area (TPSA) is 59.6 Å². The lowest BCUT2D eigenvalue weighted by atomic mass is 10.1. The molecule has 29 heavy (non-hydrogen) atoms. The van der Waals surface area contributed by atoms with Crippen LogP contribution in [-0.4, -0.2) is 12.7 Å². The van der Waals surface area contributed by atoms with Crippen molar-refractivity contribution in [3.05, 3.63) is 88.2 Å². The Labute approximate surface area is 172 Å². The van der Waals surface area contributed by atoms with Crippen LogP contribution in [0.1, 0.15) is 21.5 Å². The third-order valence-corrected chi connectivity index (χ3v) is 4.93. The van der Waals surface area contributed by atoms with E-state index in [0.29, 0.717) is 39.9 Å². The van der Waals surface area contributed by atoms with Crippen LogP contribution in [0.25, 0.3) is 0 Å². The first-order valence-electron chi connectivity index (χ1n) is 9.04. The Morgan fingerprint density at radius 2 is 1.83 bits per heavy atom. The van der Waals surface area contributed by atoms with E-state index in [9.17, 15) is 9.18 Å². The van der Waals surface area contributed by atoms with Gasteiger partial charge in [0.15, 0.2) is 11.5 Å². The number of benzene rings is 3. The molecule has 7 heteroatoms. The highest BCUT2D eigenvalue weighted by Crippen LogP contribution is 2.32. The summed E-state index contributed by atoms with van der Waals surface area (Å²) in [6, 6.07) is 17.1. The van der Waals surface area contributed by atoms with Gasteiger partial charge in [0, 0.05) is 29.4 Å². The second-order valence-corrected chi connectivity index (χ2v) is 6.88. The molecule has 1 amide bonds. The molecule has 3 aromatic rings. The number of halogens is 2. The van der Waals surface area contributed by atoms with Crippen LogP contribution in [0.5, 0.6) is 11.5 Å². The largest absolute Gasteiger partial charge is 0.454 e. The average molecular weight is 413 g/mol. The van der Waals surface area contributed by atoms with E-state index in [0.717, 1.165) is 5.56 Å². The van der Waals surface area contributed by atoms with E-state index in [1.54, 1.807) is 36.4 Å². The van der Waals surface area contributed by atoms with Gasteiger partial charge < -0.3 is 20.1 Å². The lowest BCUT2D eigenvalue weighted by molar-refractivity contribution is 0.0951. The second-order valence-electron chi connectivity index (χ2n) is 6.47. The van der Waals surface area contributed by atoms with Crippen LogP contribution in [0.2, 0.25) is 5.02 Å². The summed E-state index contributed by atoms with van der Waals surface area (Å²) in [4.78, 5) is 12.7. The molecule has 1 heterocycles. The fourth-order valence-corrected chi connectivity index (χ4v) is 3.28. The van der Waals surface area contributed by atoms with Crippen molar-refractivity contribution in [1.29, 1.82) is 0 Å². The highest BCUT2D eigenvalue weighted by atomic mass is 35.5. The molecule has 0 aromatic heterocycles. The molecule has 1 aliphatic heterocycles. The SMILES string of the molecule is O=C(NCc1ccc2c(c1)OCO2)c1ccccc1NCc1c(F)cccc1Cl. The summed E-state index contributed by atoms with van der Waals surface area (Å²) in [5, 5.41) is 6.33. The molecule has 0 bridgehead atoms.